The third-order valence-corrected chi connectivity index (χ3v) is 4.48. The lowest BCUT2D eigenvalue weighted by atomic mass is 10.1. The van der Waals surface area contributed by atoms with Gasteiger partial charge in [0.2, 0.25) is 0 Å². The Morgan fingerprint density at radius 3 is 2.22 bits per heavy atom. The van der Waals surface area contributed by atoms with Gasteiger partial charge in [0.25, 0.3) is 0 Å². The van der Waals surface area contributed by atoms with Crippen LogP contribution in [0, 0.1) is 6.92 Å². The van der Waals surface area contributed by atoms with Gasteiger partial charge in [0, 0.05) is 5.56 Å². The summed E-state index contributed by atoms with van der Waals surface area (Å²) in [6.07, 6.45) is 1.31. The van der Waals surface area contributed by atoms with Crippen LogP contribution >= 0.6 is 0 Å². The summed E-state index contributed by atoms with van der Waals surface area (Å²) in [7, 11) is 0. The molecule has 2 nitrogen and oxygen atoms in total. The largest absolute Gasteiger partial charge is 0.323 e. The van der Waals surface area contributed by atoms with E-state index in [-0.39, 0.29) is 0 Å². The standard InChI is InChI=1S/C16H26N2/c1-4-15(3)18-11-9-17(10-12-18)13-16-7-5-14(2)6-8-16/h5-8,15H,4,9-13H2,1-3H3/p+2/t15-/m1/s1. The van der Waals surface area contributed by atoms with Gasteiger partial charge in [-0.15, -0.1) is 0 Å². The first kappa shape index (κ1) is 13.6. The topological polar surface area (TPSA) is 8.88 Å². The predicted octanol–water partition coefficient (Wildman–Crippen LogP) is 0.0769. The van der Waals surface area contributed by atoms with Crippen LogP contribution < -0.4 is 9.80 Å². The van der Waals surface area contributed by atoms with Crippen LogP contribution in [0.2, 0.25) is 0 Å². The summed E-state index contributed by atoms with van der Waals surface area (Å²) < 4.78 is 0. The molecule has 1 aliphatic heterocycles. The van der Waals surface area contributed by atoms with Gasteiger partial charge in [-0.3, -0.25) is 0 Å². The van der Waals surface area contributed by atoms with E-state index in [0.717, 1.165) is 6.04 Å². The van der Waals surface area contributed by atoms with Crippen LogP contribution in [0.15, 0.2) is 24.3 Å². The molecule has 18 heavy (non-hydrogen) atoms. The Kier molecular flexibility index (Phi) is 4.79. The molecule has 2 heteroatoms. The number of piperazine rings is 1. The first-order valence-electron chi connectivity index (χ1n) is 7.42. The number of nitrogens with one attached hydrogen (secondary N) is 2. The van der Waals surface area contributed by atoms with E-state index in [9.17, 15) is 0 Å². The lowest BCUT2D eigenvalue weighted by Crippen LogP contribution is -3.29. The minimum absolute atomic E-state index is 0.839. The molecular formula is C16H28N2+2. The number of hydrogen-bond acceptors (Lipinski definition) is 0. The van der Waals surface area contributed by atoms with Gasteiger partial charge in [0.05, 0.1) is 6.04 Å². The monoisotopic (exact) mass is 248 g/mol. The summed E-state index contributed by atoms with van der Waals surface area (Å²) in [5.74, 6) is 0. The van der Waals surface area contributed by atoms with Crippen molar-refractivity contribution in [3.05, 3.63) is 35.4 Å². The Morgan fingerprint density at radius 1 is 1.06 bits per heavy atom. The van der Waals surface area contributed by atoms with Crippen molar-refractivity contribution in [2.45, 2.75) is 39.8 Å². The van der Waals surface area contributed by atoms with Crippen molar-refractivity contribution < 1.29 is 9.80 Å². The van der Waals surface area contributed by atoms with Gasteiger partial charge in [-0.1, -0.05) is 36.8 Å². The highest BCUT2D eigenvalue weighted by molar-refractivity contribution is 5.20. The molecule has 1 aliphatic rings. The summed E-state index contributed by atoms with van der Waals surface area (Å²) >= 11 is 0. The molecule has 1 atom stereocenters. The first-order chi connectivity index (χ1) is 8.69. The van der Waals surface area contributed by atoms with Gasteiger partial charge in [-0.05, 0) is 20.3 Å². The van der Waals surface area contributed by atoms with Gasteiger partial charge in [-0.25, -0.2) is 0 Å². The zero-order valence-electron chi connectivity index (χ0n) is 12.1. The molecule has 0 unspecified atom stereocenters. The van der Waals surface area contributed by atoms with E-state index in [1.165, 1.54) is 50.3 Å². The Labute approximate surface area is 112 Å². The van der Waals surface area contributed by atoms with E-state index < -0.39 is 0 Å². The summed E-state index contributed by atoms with van der Waals surface area (Å²) in [5, 5.41) is 0. The molecule has 1 aromatic rings. The van der Waals surface area contributed by atoms with Crippen LogP contribution in [0.5, 0.6) is 0 Å². The number of benzene rings is 1. The number of aryl methyl sites for hydroxylation is 1. The van der Waals surface area contributed by atoms with Crippen molar-refractivity contribution >= 4 is 0 Å². The molecule has 0 amide bonds. The third kappa shape index (κ3) is 3.56. The fourth-order valence-corrected chi connectivity index (χ4v) is 2.88. The molecule has 100 valence electrons. The third-order valence-electron chi connectivity index (χ3n) is 4.48. The first-order valence-corrected chi connectivity index (χ1v) is 7.42. The zero-order chi connectivity index (χ0) is 13.0. The molecule has 0 spiro atoms. The van der Waals surface area contributed by atoms with Gasteiger partial charge in [0.15, 0.2) is 0 Å². The van der Waals surface area contributed by atoms with Gasteiger partial charge < -0.3 is 9.80 Å². The second kappa shape index (κ2) is 6.35. The fraction of sp³-hybridized carbons (Fsp3) is 0.625. The lowest BCUT2D eigenvalue weighted by molar-refractivity contribution is -1.03. The average Bonchev–Trinajstić information content (AvgIpc) is 2.41. The van der Waals surface area contributed by atoms with Gasteiger partial charge in [0.1, 0.15) is 32.7 Å². The SMILES string of the molecule is CC[C@@H](C)[NH+]1CC[NH+](Cc2ccc(C)cc2)CC1. The number of hydrogen-bond donors (Lipinski definition) is 2. The average molecular weight is 248 g/mol. The van der Waals surface area contributed by atoms with Crippen molar-refractivity contribution in [3.63, 3.8) is 0 Å². The maximum atomic E-state index is 2.39. The molecule has 0 radical (unpaired) electrons. The van der Waals surface area contributed by atoms with Crippen molar-refractivity contribution in [1.29, 1.82) is 0 Å². The van der Waals surface area contributed by atoms with Crippen LogP contribution in [-0.2, 0) is 6.54 Å². The van der Waals surface area contributed by atoms with Crippen LogP contribution in [-0.4, -0.2) is 32.2 Å². The van der Waals surface area contributed by atoms with Crippen LogP contribution in [0.25, 0.3) is 0 Å². The molecule has 1 aromatic carbocycles. The molecule has 1 heterocycles. The Morgan fingerprint density at radius 2 is 1.67 bits per heavy atom. The Balaban J connectivity index is 1.81. The second-order valence-electron chi connectivity index (χ2n) is 5.88. The highest BCUT2D eigenvalue weighted by atomic mass is 15.3. The molecule has 0 saturated carbocycles. The molecule has 1 saturated heterocycles. The van der Waals surface area contributed by atoms with Gasteiger partial charge in [-0.2, -0.15) is 0 Å². The molecule has 2 N–H and O–H groups in total. The summed E-state index contributed by atoms with van der Waals surface area (Å²) in [5.41, 5.74) is 2.85. The summed E-state index contributed by atoms with van der Waals surface area (Å²) in [4.78, 5) is 3.57. The van der Waals surface area contributed by atoms with Crippen molar-refractivity contribution in [1.82, 2.24) is 0 Å². The van der Waals surface area contributed by atoms with E-state index in [1.54, 1.807) is 4.90 Å². The maximum Gasteiger partial charge on any atom is 0.127 e. The fourth-order valence-electron chi connectivity index (χ4n) is 2.88. The molecule has 0 aliphatic carbocycles. The second-order valence-corrected chi connectivity index (χ2v) is 5.88. The molecule has 1 fully saturated rings. The molecule has 2 rings (SSSR count). The van der Waals surface area contributed by atoms with E-state index in [4.69, 9.17) is 0 Å². The van der Waals surface area contributed by atoms with Crippen molar-refractivity contribution in [2.24, 2.45) is 0 Å². The highest BCUT2D eigenvalue weighted by Gasteiger charge is 2.25. The van der Waals surface area contributed by atoms with E-state index in [1.807, 2.05) is 4.90 Å². The van der Waals surface area contributed by atoms with E-state index in [0.29, 0.717) is 0 Å². The van der Waals surface area contributed by atoms with Crippen LogP contribution in [0.1, 0.15) is 31.4 Å². The number of quaternary nitrogens is 2. The summed E-state index contributed by atoms with van der Waals surface area (Å²) in [6.45, 7) is 13.4. The minimum atomic E-state index is 0.839. The minimum Gasteiger partial charge on any atom is -0.323 e. The zero-order valence-corrected chi connectivity index (χ0v) is 12.1. The van der Waals surface area contributed by atoms with Crippen LogP contribution in [0.3, 0.4) is 0 Å². The quantitative estimate of drug-likeness (QED) is 0.747. The van der Waals surface area contributed by atoms with E-state index >= 15 is 0 Å². The normalized spacial score (nSPS) is 25.9. The molecular weight excluding hydrogens is 220 g/mol. The lowest BCUT2D eigenvalue weighted by Gasteiger charge is -2.33. The number of rotatable bonds is 4. The van der Waals surface area contributed by atoms with Gasteiger partial charge >= 0.3 is 0 Å². The smallest absolute Gasteiger partial charge is 0.127 e. The van der Waals surface area contributed by atoms with Crippen molar-refractivity contribution in [2.75, 3.05) is 26.2 Å². The Bertz CT molecular complexity index is 350. The highest BCUT2D eigenvalue weighted by Crippen LogP contribution is 2.01. The molecule has 0 bridgehead atoms. The molecule has 0 aromatic heterocycles. The van der Waals surface area contributed by atoms with Crippen LogP contribution in [0.4, 0.5) is 0 Å². The van der Waals surface area contributed by atoms with Crippen molar-refractivity contribution in [3.8, 4) is 0 Å². The Hall–Kier alpha value is -0.860. The maximum absolute atomic E-state index is 2.39. The predicted molar refractivity (Wildman–Crippen MR) is 76.0 cm³/mol. The van der Waals surface area contributed by atoms with E-state index in [2.05, 4.69) is 45.0 Å². The summed E-state index contributed by atoms with van der Waals surface area (Å²) in [6, 6.07) is 9.88.